The van der Waals surface area contributed by atoms with Crippen LogP contribution in [0.5, 0.6) is 5.75 Å². The zero-order valence-corrected chi connectivity index (χ0v) is 6.27. The number of halogens is 2. The molecule has 0 aromatic carbocycles. The molecule has 2 N–H and O–H groups in total. The van der Waals surface area contributed by atoms with Gasteiger partial charge in [0.2, 0.25) is 0 Å². The summed E-state index contributed by atoms with van der Waals surface area (Å²) in [5, 5.41) is 8.94. The zero-order valence-electron chi connectivity index (χ0n) is 6.27. The molecule has 0 amide bonds. The van der Waals surface area contributed by atoms with Crippen LogP contribution in [0.2, 0.25) is 0 Å². The van der Waals surface area contributed by atoms with Crippen molar-refractivity contribution < 1.29 is 13.9 Å². The lowest BCUT2D eigenvalue weighted by Crippen LogP contribution is -2.13. The van der Waals surface area contributed by atoms with E-state index in [0.29, 0.717) is 5.69 Å². The molecule has 1 rings (SSSR count). The van der Waals surface area contributed by atoms with Crippen molar-refractivity contribution in [1.82, 2.24) is 4.98 Å². The van der Waals surface area contributed by atoms with Gasteiger partial charge in [-0.2, -0.15) is 0 Å². The van der Waals surface area contributed by atoms with E-state index < -0.39 is 23.3 Å². The van der Waals surface area contributed by atoms with Crippen molar-refractivity contribution in [3.63, 3.8) is 0 Å². The molecule has 0 aliphatic carbocycles. The van der Waals surface area contributed by atoms with Gasteiger partial charge in [0.25, 0.3) is 12.0 Å². The van der Waals surface area contributed by atoms with Gasteiger partial charge in [0.1, 0.15) is 11.3 Å². The maximum Gasteiger partial charge on any atom is 0.272 e. The van der Waals surface area contributed by atoms with Gasteiger partial charge in [-0.05, 0) is 13.0 Å². The van der Waals surface area contributed by atoms with Gasteiger partial charge >= 0.3 is 0 Å². The number of aromatic amines is 1. The van der Waals surface area contributed by atoms with Crippen LogP contribution >= 0.6 is 0 Å². The minimum atomic E-state index is -2.95. The van der Waals surface area contributed by atoms with Crippen molar-refractivity contribution >= 4 is 0 Å². The number of pyridine rings is 1. The van der Waals surface area contributed by atoms with E-state index in [9.17, 15) is 13.6 Å². The summed E-state index contributed by atoms with van der Waals surface area (Å²) < 4.78 is 24.1. The quantitative estimate of drug-likeness (QED) is 0.676. The van der Waals surface area contributed by atoms with E-state index in [0.717, 1.165) is 6.07 Å². The van der Waals surface area contributed by atoms with E-state index in [1.165, 1.54) is 6.92 Å². The Labute approximate surface area is 66.7 Å². The number of rotatable bonds is 1. The number of aromatic hydroxyl groups is 1. The highest BCUT2D eigenvalue weighted by Gasteiger charge is 2.17. The molecule has 1 aromatic heterocycles. The molecule has 5 heteroatoms. The molecule has 0 aliphatic heterocycles. The predicted octanol–water partition coefficient (Wildman–Crippen LogP) is 1.33. The average Bonchev–Trinajstić information content (AvgIpc) is 1.82. The smallest absolute Gasteiger partial charge is 0.272 e. The summed E-state index contributed by atoms with van der Waals surface area (Å²) in [6.07, 6.45) is -2.95. The fraction of sp³-hybridized carbons (Fsp3) is 0.286. The Bertz CT molecular complexity index is 346. The van der Waals surface area contributed by atoms with Crippen LogP contribution in [0.4, 0.5) is 8.78 Å². The molecule has 0 saturated heterocycles. The maximum atomic E-state index is 12.0. The van der Waals surface area contributed by atoms with Crippen LogP contribution in [-0.4, -0.2) is 10.1 Å². The second kappa shape index (κ2) is 2.92. The first-order valence-electron chi connectivity index (χ1n) is 3.23. The second-order valence-electron chi connectivity index (χ2n) is 2.38. The number of aryl methyl sites for hydroxylation is 1. The topological polar surface area (TPSA) is 53.1 Å². The Balaban J connectivity index is 3.39. The van der Waals surface area contributed by atoms with E-state index in [1.807, 2.05) is 0 Å². The van der Waals surface area contributed by atoms with Crippen LogP contribution in [-0.2, 0) is 0 Å². The average molecular weight is 175 g/mol. The summed E-state index contributed by atoms with van der Waals surface area (Å²) in [4.78, 5) is 13.0. The third-order valence-corrected chi connectivity index (χ3v) is 1.40. The van der Waals surface area contributed by atoms with Crippen molar-refractivity contribution in [3.05, 3.63) is 27.7 Å². The van der Waals surface area contributed by atoms with Crippen molar-refractivity contribution in [1.29, 1.82) is 0 Å². The largest absolute Gasteiger partial charge is 0.507 e. The normalized spacial score (nSPS) is 10.7. The molecule has 0 spiro atoms. The molecule has 12 heavy (non-hydrogen) atoms. The SMILES string of the molecule is Cc1cc(O)c(C(F)F)c(=O)[nH]1. The summed E-state index contributed by atoms with van der Waals surface area (Å²) in [6.45, 7) is 1.50. The highest BCUT2D eigenvalue weighted by molar-refractivity contribution is 5.32. The number of alkyl halides is 2. The molecule has 0 bridgehead atoms. The standard InChI is InChI=1S/C7H7F2NO2/c1-3-2-4(11)5(6(8)9)7(12)10-3/h2,6H,1H3,(H2,10,11,12). The predicted molar refractivity (Wildman–Crippen MR) is 38.4 cm³/mol. The van der Waals surface area contributed by atoms with Gasteiger partial charge in [0.15, 0.2) is 0 Å². The fourth-order valence-corrected chi connectivity index (χ4v) is 0.893. The highest BCUT2D eigenvalue weighted by Crippen LogP contribution is 2.23. The fourth-order valence-electron chi connectivity index (χ4n) is 0.893. The first kappa shape index (κ1) is 8.70. The first-order chi connectivity index (χ1) is 5.52. The third-order valence-electron chi connectivity index (χ3n) is 1.40. The molecule has 0 radical (unpaired) electrons. The third kappa shape index (κ3) is 1.44. The van der Waals surface area contributed by atoms with E-state index in [1.54, 1.807) is 0 Å². The van der Waals surface area contributed by atoms with Gasteiger partial charge in [0, 0.05) is 5.69 Å². The lowest BCUT2D eigenvalue weighted by atomic mass is 10.2. The molecule has 0 saturated carbocycles. The Morgan fingerprint density at radius 2 is 2.17 bits per heavy atom. The molecule has 0 atom stereocenters. The lowest BCUT2D eigenvalue weighted by Gasteiger charge is -2.02. The van der Waals surface area contributed by atoms with Crippen LogP contribution in [0.1, 0.15) is 17.7 Å². The van der Waals surface area contributed by atoms with Gasteiger partial charge < -0.3 is 10.1 Å². The number of nitrogens with one attached hydrogen (secondary N) is 1. The van der Waals surface area contributed by atoms with Crippen molar-refractivity contribution in [2.75, 3.05) is 0 Å². The zero-order chi connectivity index (χ0) is 9.30. The highest BCUT2D eigenvalue weighted by atomic mass is 19.3. The van der Waals surface area contributed by atoms with E-state index in [-0.39, 0.29) is 0 Å². The molecule has 1 aromatic rings. The minimum absolute atomic E-state index is 0.349. The van der Waals surface area contributed by atoms with Gasteiger partial charge in [-0.25, -0.2) is 8.78 Å². The van der Waals surface area contributed by atoms with Gasteiger partial charge in [-0.3, -0.25) is 4.79 Å². The van der Waals surface area contributed by atoms with Crippen molar-refractivity contribution in [2.24, 2.45) is 0 Å². The number of H-pyrrole nitrogens is 1. The Kier molecular flexibility index (Phi) is 2.12. The molecule has 0 fully saturated rings. The van der Waals surface area contributed by atoms with Crippen molar-refractivity contribution in [2.45, 2.75) is 13.3 Å². The van der Waals surface area contributed by atoms with E-state index in [4.69, 9.17) is 5.11 Å². The number of hydrogen-bond donors (Lipinski definition) is 2. The summed E-state index contributed by atoms with van der Waals surface area (Å²) in [6, 6.07) is 1.09. The Hall–Kier alpha value is -1.39. The summed E-state index contributed by atoms with van der Waals surface area (Å²) in [7, 11) is 0. The molecule has 66 valence electrons. The Morgan fingerprint density at radius 1 is 1.58 bits per heavy atom. The number of hydrogen-bond acceptors (Lipinski definition) is 2. The maximum absolute atomic E-state index is 12.0. The first-order valence-corrected chi connectivity index (χ1v) is 3.23. The van der Waals surface area contributed by atoms with Gasteiger partial charge in [-0.15, -0.1) is 0 Å². The summed E-state index contributed by atoms with van der Waals surface area (Å²) in [5.74, 6) is -0.661. The summed E-state index contributed by atoms with van der Waals surface area (Å²) >= 11 is 0. The molecular formula is C7H7F2NO2. The molecule has 0 unspecified atom stereocenters. The van der Waals surface area contributed by atoms with Crippen LogP contribution in [0.25, 0.3) is 0 Å². The lowest BCUT2D eigenvalue weighted by molar-refractivity contribution is 0.145. The number of aromatic nitrogens is 1. The van der Waals surface area contributed by atoms with E-state index >= 15 is 0 Å². The van der Waals surface area contributed by atoms with E-state index in [2.05, 4.69) is 4.98 Å². The van der Waals surface area contributed by atoms with Gasteiger partial charge in [-0.1, -0.05) is 0 Å². The molecule has 3 nitrogen and oxygen atoms in total. The monoisotopic (exact) mass is 175 g/mol. The summed E-state index contributed by atoms with van der Waals surface area (Å²) in [5.41, 5.74) is -1.47. The molecular weight excluding hydrogens is 168 g/mol. The van der Waals surface area contributed by atoms with Crippen LogP contribution in [0, 0.1) is 6.92 Å². The van der Waals surface area contributed by atoms with Crippen LogP contribution < -0.4 is 5.56 Å². The molecule has 1 heterocycles. The minimum Gasteiger partial charge on any atom is -0.507 e. The van der Waals surface area contributed by atoms with Crippen LogP contribution in [0.3, 0.4) is 0 Å². The van der Waals surface area contributed by atoms with Gasteiger partial charge in [0.05, 0.1) is 0 Å². The van der Waals surface area contributed by atoms with Crippen molar-refractivity contribution in [3.8, 4) is 5.75 Å². The second-order valence-corrected chi connectivity index (χ2v) is 2.38. The Morgan fingerprint density at radius 3 is 2.58 bits per heavy atom. The van der Waals surface area contributed by atoms with Crippen LogP contribution in [0.15, 0.2) is 10.9 Å². The molecule has 0 aliphatic rings.